The van der Waals surface area contributed by atoms with Crippen molar-refractivity contribution in [3.05, 3.63) is 48.5 Å². The molecule has 48 heavy (non-hydrogen) atoms. The Morgan fingerprint density at radius 2 is 1.44 bits per heavy atom. The van der Waals surface area contributed by atoms with Crippen molar-refractivity contribution in [2.24, 2.45) is 23.3 Å². The van der Waals surface area contributed by atoms with Crippen molar-refractivity contribution in [2.75, 3.05) is 13.1 Å². The SMILES string of the molecule is CC(C)C[C@H](NC(=O)[C@H](CC(N)=O)NC(=O)[C@@H](N)CC(C)C)C(=O)NCC(=O)NCC(=O)Oc1ccc(-c2n[nH]c3ccccc23)cc1. The molecule has 1 heterocycles. The number of H-pyrrole nitrogens is 1. The van der Waals surface area contributed by atoms with Gasteiger partial charge in [-0.05, 0) is 55.0 Å². The average Bonchev–Trinajstić information content (AvgIpc) is 3.45. The summed E-state index contributed by atoms with van der Waals surface area (Å²) in [5, 5.41) is 18.1. The molecule has 15 nitrogen and oxygen atoms in total. The molecule has 0 fully saturated rings. The van der Waals surface area contributed by atoms with Gasteiger partial charge in [-0.25, -0.2) is 4.79 Å². The number of aromatic amines is 1. The van der Waals surface area contributed by atoms with Crippen LogP contribution in [0.1, 0.15) is 47.0 Å². The number of benzene rings is 2. The summed E-state index contributed by atoms with van der Waals surface area (Å²) in [6.07, 6.45) is 0.0309. The molecule has 5 amide bonds. The van der Waals surface area contributed by atoms with Crippen LogP contribution < -0.4 is 37.5 Å². The van der Waals surface area contributed by atoms with Gasteiger partial charge in [0.1, 0.15) is 24.4 Å². The Bertz CT molecular complexity index is 1600. The van der Waals surface area contributed by atoms with Crippen LogP contribution in [0.3, 0.4) is 0 Å². The van der Waals surface area contributed by atoms with E-state index in [0.29, 0.717) is 6.42 Å². The highest BCUT2D eigenvalue weighted by atomic mass is 16.5. The van der Waals surface area contributed by atoms with Gasteiger partial charge in [0, 0.05) is 10.9 Å². The molecule has 258 valence electrons. The third-order valence-corrected chi connectivity index (χ3v) is 7.12. The Balaban J connectivity index is 1.50. The number of fused-ring (bicyclic) bond motifs is 1. The smallest absolute Gasteiger partial charge is 0.330 e. The van der Waals surface area contributed by atoms with Crippen molar-refractivity contribution in [3.8, 4) is 17.0 Å². The molecule has 0 radical (unpaired) electrons. The second-order valence-corrected chi connectivity index (χ2v) is 12.3. The Labute approximate surface area is 278 Å². The van der Waals surface area contributed by atoms with Crippen molar-refractivity contribution in [3.63, 3.8) is 0 Å². The fourth-order valence-electron chi connectivity index (χ4n) is 4.84. The first kappa shape index (κ1) is 37.2. The molecule has 0 aliphatic rings. The normalized spacial score (nSPS) is 13.0. The number of esters is 1. The summed E-state index contributed by atoms with van der Waals surface area (Å²) in [5.41, 5.74) is 13.7. The maximum atomic E-state index is 13.1. The van der Waals surface area contributed by atoms with Crippen LogP contribution in [0.25, 0.3) is 22.2 Å². The summed E-state index contributed by atoms with van der Waals surface area (Å²) in [4.78, 5) is 74.9. The number of ether oxygens (including phenoxy) is 1. The van der Waals surface area contributed by atoms with Crippen molar-refractivity contribution in [1.29, 1.82) is 0 Å². The third kappa shape index (κ3) is 11.5. The summed E-state index contributed by atoms with van der Waals surface area (Å²) in [6.45, 7) is 6.46. The Hall–Kier alpha value is -5.31. The minimum atomic E-state index is -1.36. The molecular weight excluding hydrogens is 620 g/mol. The number of carbonyl (C=O) groups is 6. The second kappa shape index (κ2) is 17.6. The highest BCUT2D eigenvalue weighted by Crippen LogP contribution is 2.27. The summed E-state index contributed by atoms with van der Waals surface area (Å²) in [6, 6.07) is 11.1. The molecule has 15 heteroatoms. The number of nitrogens with two attached hydrogens (primary N) is 2. The van der Waals surface area contributed by atoms with Crippen molar-refractivity contribution in [2.45, 2.75) is 65.1 Å². The molecule has 2 aromatic carbocycles. The Kier molecular flexibility index (Phi) is 13.6. The molecular formula is C33H44N8O7. The molecule has 0 bridgehead atoms. The highest BCUT2D eigenvalue weighted by molar-refractivity contribution is 5.96. The predicted octanol–water partition coefficient (Wildman–Crippen LogP) is 0.632. The van der Waals surface area contributed by atoms with E-state index in [9.17, 15) is 28.8 Å². The topological polar surface area (TPSA) is 240 Å². The lowest BCUT2D eigenvalue weighted by Crippen LogP contribution is -2.57. The molecule has 3 aromatic rings. The van der Waals surface area contributed by atoms with Gasteiger partial charge in [0.05, 0.1) is 30.2 Å². The first-order valence-electron chi connectivity index (χ1n) is 15.7. The number of nitrogens with one attached hydrogen (secondary N) is 5. The molecule has 1 aromatic heterocycles. The number of nitrogens with zero attached hydrogens (tertiary/aromatic N) is 1. The van der Waals surface area contributed by atoms with Crippen LogP contribution in [0.2, 0.25) is 0 Å². The Morgan fingerprint density at radius 1 is 0.792 bits per heavy atom. The van der Waals surface area contributed by atoms with E-state index in [4.69, 9.17) is 16.2 Å². The largest absolute Gasteiger partial charge is 0.425 e. The van der Waals surface area contributed by atoms with Gasteiger partial charge >= 0.3 is 5.97 Å². The maximum Gasteiger partial charge on any atom is 0.330 e. The van der Waals surface area contributed by atoms with E-state index >= 15 is 0 Å². The van der Waals surface area contributed by atoms with Gasteiger partial charge in [0.15, 0.2) is 0 Å². The lowest BCUT2D eigenvalue weighted by Gasteiger charge is -2.24. The van der Waals surface area contributed by atoms with Crippen molar-refractivity contribution in [1.82, 2.24) is 31.5 Å². The lowest BCUT2D eigenvalue weighted by molar-refractivity contribution is -0.136. The first-order chi connectivity index (χ1) is 22.7. The van der Waals surface area contributed by atoms with Crippen molar-refractivity contribution >= 4 is 46.4 Å². The van der Waals surface area contributed by atoms with Crippen LogP contribution >= 0.6 is 0 Å². The third-order valence-electron chi connectivity index (χ3n) is 7.12. The number of primary amides is 1. The van der Waals surface area contributed by atoms with Crippen LogP contribution in [-0.2, 0) is 28.8 Å². The van der Waals surface area contributed by atoms with Crippen molar-refractivity contribution < 1.29 is 33.5 Å². The molecule has 3 atom stereocenters. The molecule has 0 saturated heterocycles. The van der Waals surface area contributed by atoms with Gasteiger partial charge in [-0.2, -0.15) is 5.10 Å². The van der Waals surface area contributed by atoms with E-state index in [1.165, 1.54) is 0 Å². The monoisotopic (exact) mass is 664 g/mol. The zero-order chi connectivity index (χ0) is 35.4. The van der Waals surface area contributed by atoms with Gasteiger partial charge in [-0.1, -0.05) is 45.9 Å². The molecule has 0 unspecified atom stereocenters. The van der Waals surface area contributed by atoms with Gasteiger partial charge in [0.2, 0.25) is 29.5 Å². The number of carbonyl (C=O) groups excluding carboxylic acids is 6. The molecule has 3 rings (SSSR count). The Morgan fingerprint density at radius 3 is 2.08 bits per heavy atom. The van der Waals surface area contributed by atoms with Gasteiger partial charge in [-0.3, -0.25) is 29.1 Å². The highest BCUT2D eigenvalue weighted by Gasteiger charge is 2.30. The van der Waals surface area contributed by atoms with Gasteiger partial charge < -0.3 is 37.5 Å². The molecule has 0 saturated carbocycles. The van der Waals surface area contributed by atoms with E-state index in [-0.39, 0.29) is 24.0 Å². The van der Waals surface area contributed by atoms with E-state index in [0.717, 1.165) is 22.2 Å². The van der Waals surface area contributed by atoms with Crippen LogP contribution in [0, 0.1) is 11.8 Å². The maximum absolute atomic E-state index is 13.1. The lowest BCUT2D eigenvalue weighted by atomic mass is 10.0. The standard InChI is InChI=1S/C33H44N8O7/c1-18(2)13-23(34)31(45)38-26(15-27(35)42)33(47)39-25(14-19(3)4)32(46)37-16-28(43)36-17-29(44)48-21-11-9-20(10-12-21)30-22-7-5-6-8-24(22)40-41-30/h5-12,18-19,23,25-26H,13-17,34H2,1-4H3,(H2,35,42)(H,36,43)(H,37,46)(H,38,45)(H,39,47)(H,40,41)/t23-,25-,26-/m0/s1. The average molecular weight is 665 g/mol. The summed E-state index contributed by atoms with van der Waals surface area (Å²) < 4.78 is 5.30. The fraction of sp³-hybridized carbons (Fsp3) is 0.424. The summed E-state index contributed by atoms with van der Waals surface area (Å²) in [7, 11) is 0. The van der Waals surface area contributed by atoms with Crippen LogP contribution in [0.5, 0.6) is 5.75 Å². The van der Waals surface area contributed by atoms with E-state index in [1.807, 2.05) is 52.0 Å². The molecule has 0 aliphatic carbocycles. The van der Waals surface area contributed by atoms with Gasteiger partial charge in [-0.15, -0.1) is 0 Å². The minimum Gasteiger partial charge on any atom is -0.425 e. The van der Waals surface area contributed by atoms with Crippen LogP contribution in [-0.4, -0.2) is 76.9 Å². The quantitative estimate of drug-likeness (QED) is 0.0790. The van der Waals surface area contributed by atoms with E-state index < -0.39 is 73.1 Å². The zero-order valence-electron chi connectivity index (χ0n) is 27.5. The number of hydrogen-bond acceptors (Lipinski definition) is 9. The first-order valence-corrected chi connectivity index (χ1v) is 15.7. The van der Waals surface area contributed by atoms with Crippen LogP contribution in [0.15, 0.2) is 48.5 Å². The van der Waals surface area contributed by atoms with E-state index in [1.54, 1.807) is 24.3 Å². The zero-order valence-corrected chi connectivity index (χ0v) is 27.5. The predicted molar refractivity (Wildman–Crippen MR) is 178 cm³/mol. The summed E-state index contributed by atoms with van der Waals surface area (Å²) >= 11 is 0. The minimum absolute atomic E-state index is 0.0546. The number of para-hydroxylation sites is 1. The number of rotatable bonds is 17. The van der Waals surface area contributed by atoms with E-state index in [2.05, 4.69) is 31.5 Å². The van der Waals surface area contributed by atoms with Gasteiger partial charge in [0.25, 0.3) is 0 Å². The fourth-order valence-corrected chi connectivity index (χ4v) is 4.84. The number of amides is 5. The number of aromatic nitrogens is 2. The van der Waals surface area contributed by atoms with Crippen LogP contribution in [0.4, 0.5) is 0 Å². The number of hydrogen-bond donors (Lipinski definition) is 7. The molecule has 0 spiro atoms. The second-order valence-electron chi connectivity index (χ2n) is 12.3. The molecule has 0 aliphatic heterocycles. The molecule has 9 N–H and O–H groups in total. The summed E-state index contributed by atoms with van der Waals surface area (Å²) in [5.74, 6) is -4.03.